The minimum atomic E-state index is -0.385. The second-order valence-corrected chi connectivity index (χ2v) is 7.44. The maximum Gasteiger partial charge on any atom is 0.321 e. The largest absolute Gasteiger partial charge is 0.335 e. The molecule has 1 aliphatic carbocycles. The minimum absolute atomic E-state index is 0.0333. The van der Waals surface area contributed by atoms with Crippen molar-refractivity contribution in [2.24, 2.45) is 0 Å². The molecule has 146 valence electrons. The fraction of sp³-hybridized carbons (Fsp3) is 0.550. The number of imide groups is 1. The Bertz CT molecular complexity index is 650. The van der Waals surface area contributed by atoms with Gasteiger partial charge in [-0.05, 0) is 25.0 Å². The van der Waals surface area contributed by atoms with Gasteiger partial charge in [-0.2, -0.15) is 0 Å². The van der Waals surface area contributed by atoms with Crippen LogP contribution >= 0.6 is 0 Å². The van der Waals surface area contributed by atoms with Gasteiger partial charge in [-0.3, -0.25) is 14.9 Å². The van der Waals surface area contributed by atoms with E-state index in [-0.39, 0.29) is 30.4 Å². The van der Waals surface area contributed by atoms with E-state index < -0.39 is 0 Å². The van der Waals surface area contributed by atoms with Gasteiger partial charge in [-0.15, -0.1) is 0 Å². The van der Waals surface area contributed by atoms with Crippen LogP contribution in [0, 0.1) is 0 Å². The normalized spacial score (nSPS) is 18.7. The lowest BCUT2D eigenvalue weighted by Crippen LogP contribution is -3.15. The summed E-state index contributed by atoms with van der Waals surface area (Å²) in [5.74, 6) is -0.230. The number of carbonyl (C=O) groups excluding carboxylic acids is 3. The molecule has 7 nitrogen and oxygen atoms in total. The van der Waals surface area contributed by atoms with Crippen LogP contribution in [0.2, 0.25) is 0 Å². The maximum atomic E-state index is 12.4. The van der Waals surface area contributed by atoms with Gasteiger partial charge in [-0.25, -0.2) is 4.79 Å². The molecule has 2 aliphatic rings. The van der Waals surface area contributed by atoms with Crippen molar-refractivity contribution in [3.63, 3.8) is 0 Å². The molecule has 7 heteroatoms. The molecule has 0 bridgehead atoms. The molecule has 0 atom stereocenters. The smallest absolute Gasteiger partial charge is 0.321 e. The third-order valence-corrected chi connectivity index (χ3v) is 5.38. The standard InChI is InChI=1S/C20H28N4O3/c25-18(22-20(27)21-17-9-5-2-6-10-17)15-23-11-13-24(14-12-23)19(26)16-7-3-1-4-8-16/h1,3-4,7-8,17H,2,5-6,9-15H2,(H2,21,22,25,27)/p+1. The topological polar surface area (TPSA) is 83.0 Å². The van der Waals surface area contributed by atoms with Crippen LogP contribution in [0.15, 0.2) is 30.3 Å². The van der Waals surface area contributed by atoms with Gasteiger partial charge in [0.15, 0.2) is 6.54 Å². The summed E-state index contributed by atoms with van der Waals surface area (Å²) in [4.78, 5) is 39.4. The van der Waals surface area contributed by atoms with Crippen LogP contribution in [0.3, 0.4) is 0 Å². The summed E-state index contributed by atoms with van der Waals surface area (Å²) < 4.78 is 0. The Hall–Kier alpha value is -2.41. The number of amides is 4. The van der Waals surface area contributed by atoms with Crippen LogP contribution in [-0.4, -0.2) is 61.5 Å². The lowest BCUT2D eigenvalue weighted by Gasteiger charge is -2.32. The van der Waals surface area contributed by atoms with E-state index in [1.807, 2.05) is 35.2 Å². The third-order valence-electron chi connectivity index (χ3n) is 5.38. The van der Waals surface area contributed by atoms with Crippen LogP contribution in [0.25, 0.3) is 0 Å². The predicted molar refractivity (Wildman–Crippen MR) is 101 cm³/mol. The summed E-state index contributed by atoms with van der Waals surface area (Å²) >= 11 is 0. The molecule has 1 aliphatic heterocycles. The molecular formula is C20H29N4O3+. The first-order valence-electron chi connectivity index (χ1n) is 9.90. The Balaban J connectivity index is 1.37. The van der Waals surface area contributed by atoms with Crippen molar-refractivity contribution in [1.82, 2.24) is 15.5 Å². The number of nitrogens with one attached hydrogen (secondary N) is 3. The van der Waals surface area contributed by atoms with Gasteiger partial charge in [0.05, 0.1) is 26.2 Å². The molecule has 3 N–H and O–H groups in total. The number of hydrogen-bond acceptors (Lipinski definition) is 3. The first kappa shape index (κ1) is 19.4. The zero-order valence-electron chi connectivity index (χ0n) is 15.7. The Morgan fingerprint density at radius 2 is 1.67 bits per heavy atom. The van der Waals surface area contributed by atoms with E-state index in [1.165, 1.54) is 6.42 Å². The van der Waals surface area contributed by atoms with Crippen molar-refractivity contribution in [3.05, 3.63) is 35.9 Å². The van der Waals surface area contributed by atoms with E-state index in [0.717, 1.165) is 30.6 Å². The quantitative estimate of drug-likeness (QED) is 0.704. The van der Waals surface area contributed by atoms with E-state index in [9.17, 15) is 14.4 Å². The fourth-order valence-corrected chi connectivity index (χ4v) is 3.83. The summed E-state index contributed by atoms with van der Waals surface area (Å²) in [6.07, 6.45) is 5.47. The van der Waals surface area contributed by atoms with Crippen molar-refractivity contribution >= 4 is 17.8 Å². The Labute approximate surface area is 160 Å². The van der Waals surface area contributed by atoms with Gasteiger partial charge in [-0.1, -0.05) is 37.5 Å². The summed E-state index contributed by atoms with van der Waals surface area (Å²) in [6, 6.07) is 9.05. The van der Waals surface area contributed by atoms with E-state index in [2.05, 4.69) is 10.6 Å². The molecule has 0 unspecified atom stereocenters. The highest BCUT2D eigenvalue weighted by Gasteiger charge is 2.26. The molecule has 0 aromatic heterocycles. The number of nitrogens with zero attached hydrogens (tertiary/aromatic N) is 1. The second-order valence-electron chi connectivity index (χ2n) is 7.44. The van der Waals surface area contributed by atoms with Gasteiger partial charge in [0.1, 0.15) is 0 Å². The molecule has 1 saturated heterocycles. The molecule has 1 aromatic rings. The molecule has 4 amide bonds. The maximum absolute atomic E-state index is 12.4. The highest BCUT2D eigenvalue weighted by molar-refractivity contribution is 5.95. The average Bonchev–Trinajstić information content (AvgIpc) is 2.69. The summed E-state index contributed by atoms with van der Waals surface area (Å²) in [5, 5.41) is 5.34. The number of benzene rings is 1. The second kappa shape index (κ2) is 9.50. The summed E-state index contributed by atoms with van der Waals surface area (Å²) in [7, 11) is 0. The van der Waals surface area contributed by atoms with Gasteiger partial charge < -0.3 is 15.1 Å². The van der Waals surface area contributed by atoms with Crippen LogP contribution in [0.1, 0.15) is 42.5 Å². The number of rotatable bonds is 4. The predicted octanol–water partition coefficient (Wildman–Crippen LogP) is 0.186. The van der Waals surface area contributed by atoms with Crippen LogP contribution in [0.4, 0.5) is 4.79 Å². The monoisotopic (exact) mass is 373 g/mol. The third kappa shape index (κ3) is 5.79. The molecule has 1 saturated carbocycles. The lowest BCUT2D eigenvalue weighted by molar-refractivity contribution is -0.895. The number of piperazine rings is 1. The Kier molecular flexibility index (Phi) is 6.81. The SMILES string of the molecule is O=C(C[NH+]1CCN(C(=O)c2ccccc2)CC1)NC(=O)NC1CCCCC1. The first-order valence-corrected chi connectivity index (χ1v) is 9.90. The highest BCUT2D eigenvalue weighted by Crippen LogP contribution is 2.17. The Morgan fingerprint density at radius 1 is 1.00 bits per heavy atom. The van der Waals surface area contributed by atoms with Crippen LogP contribution in [-0.2, 0) is 4.79 Å². The Morgan fingerprint density at radius 3 is 2.33 bits per heavy atom. The van der Waals surface area contributed by atoms with Crippen LogP contribution < -0.4 is 15.5 Å². The molecular weight excluding hydrogens is 344 g/mol. The molecule has 1 heterocycles. The zero-order chi connectivity index (χ0) is 19.1. The molecule has 2 fully saturated rings. The number of hydrogen-bond donors (Lipinski definition) is 3. The van der Waals surface area contributed by atoms with E-state index in [4.69, 9.17) is 0 Å². The van der Waals surface area contributed by atoms with Crippen molar-refractivity contribution in [1.29, 1.82) is 0 Å². The molecule has 1 aromatic carbocycles. The van der Waals surface area contributed by atoms with Crippen molar-refractivity contribution in [2.75, 3.05) is 32.7 Å². The summed E-state index contributed by atoms with van der Waals surface area (Å²) in [5.41, 5.74) is 0.693. The fourth-order valence-electron chi connectivity index (χ4n) is 3.83. The van der Waals surface area contributed by atoms with E-state index in [0.29, 0.717) is 31.7 Å². The van der Waals surface area contributed by atoms with Crippen LogP contribution in [0.5, 0.6) is 0 Å². The first-order chi connectivity index (χ1) is 13.1. The van der Waals surface area contributed by atoms with Gasteiger partial charge in [0, 0.05) is 11.6 Å². The molecule has 27 heavy (non-hydrogen) atoms. The van der Waals surface area contributed by atoms with Gasteiger partial charge >= 0.3 is 6.03 Å². The van der Waals surface area contributed by atoms with E-state index >= 15 is 0 Å². The van der Waals surface area contributed by atoms with Gasteiger partial charge in [0.25, 0.3) is 11.8 Å². The number of urea groups is 1. The minimum Gasteiger partial charge on any atom is -0.335 e. The molecule has 0 spiro atoms. The highest BCUT2D eigenvalue weighted by atomic mass is 16.2. The molecule has 0 radical (unpaired) electrons. The molecule has 3 rings (SSSR count). The summed E-state index contributed by atoms with van der Waals surface area (Å²) in [6.45, 7) is 2.90. The van der Waals surface area contributed by atoms with Crippen molar-refractivity contribution < 1.29 is 19.3 Å². The van der Waals surface area contributed by atoms with E-state index in [1.54, 1.807) is 0 Å². The van der Waals surface area contributed by atoms with Crippen molar-refractivity contribution in [2.45, 2.75) is 38.1 Å². The lowest BCUT2D eigenvalue weighted by atomic mass is 9.96. The number of quaternary nitrogens is 1. The average molecular weight is 373 g/mol. The van der Waals surface area contributed by atoms with Crippen molar-refractivity contribution in [3.8, 4) is 0 Å². The number of carbonyl (C=O) groups is 3. The van der Waals surface area contributed by atoms with Gasteiger partial charge in [0.2, 0.25) is 0 Å². The zero-order valence-corrected chi connectivity index (χ0v) is 15.7.